The smallest absolute Gasteiger partial charge is 0.261 e. The summed E-state index contributed by atoms with van der Waals surface area (Å²) in [5, 5.41) is 6.89. The minimum absolute atomic E-state index is 0.0119. The van der Waals surface area contributed by atoms with Gasteiger partial charge in [-0.05, 0) is 58.5 Å². The molecule has 0 spiro atoms. The maximum absolute atomic E-state index is 7.96. The average Bonchev–Trinajstić information content (AvgIpc) is 3.12. The maximum Gasteiger partial charge on any atom is 0.261 e. The highest BCUT2D eigenvalue weighted by atomic mass is 28.4. The Bertz CT molecular complexity index is 1220. The van der Waals surface area contributed by atoms with E-state index < -0.39 is 8.32 Å². The van der Waals surface area contributed by atoms with E-state index in [4.69, 9.17) is 4.43 Å². The van der Waals surface area contributed by atoms with Crippen LogP contribution in [-0.2, 0) is 11.0 Å². The molecule has 3 nitrogen and oxygen atoms in total. The molecule has 3 saturated heterocycles. The van der Waals surface area contributed by atoms with E-state index in [2.05, 4.69) is 122 Å². The molecule has 4 heteroatoms. The number of hydrogen-bond donors (Lipinski definition) is 1. The third-order valence-electron chi connectivity index (χ3n) is 10.5. The number of nitrogens with one attached hydrogen (secondary N) is 1. The Morgan fingerprint density at radius 1 is 0.744 bits per heavy atom. The zero-order chi connectivity index (χ0) is 26.6. The lowest BCUT2D eigenvalue weighted by molar-refractivity contribution is -0.0450. The van der Waals surface area contributed by atoms with Crippen molar-refractivity contribution in [2.24, 2.45) is 11.8 Å². The van der Waals surface area contributed by atoms with E-state index in [9.17, 15) is 0 Å². The summed E-state index contributed by atoms with van der Waals surface area (Å²) in [5.74, 6) is 1.63. The molecule has 4 aliphatic rings. The highest BCUT2D eigenvalue weighted by molar-refractivity contribution is 6.99. The van der Waals surface area contributed by atoms with Crippen LogP contribution in [0.25, 0.3) is 0 Å². The van der Waals surface area contributed by atoms with Crippen LogP contribution in [0.1, 0.15) is 58.4 Å². The summed E-state index contributed by atoms with van der Waals surface area (Å²) < 4.78 is 7.96. The first-order valence-electron chi connectivity index (χ1n) is 15.3. The molecule has 3 heterocycles. The Kier molecular flexibility index (Phi) is 6.58. The van der Waals surface area contributed by atoms with Crippen LogP contribution in [-0.4, -0.2) is 43.5 Å². The Hall–Kier alpha value is -2.24. The van der Waals surface area contributed by atoms with E-state index in [1.807, 2.05) is 0 Å². The number of fused-ring (bicyclic) bond motifs is 2. The number of rotatable bonds is 7. The van der Waals surface area contributed by atoms with E-state index in [1.165, 1.54) is 48.0 Å². The number of piperidine rings is 2. The van der Waals surface area contributed by atoms with Gasteiger partial charge < -0.3 is 9.74 Å². The molecule has 5 unspecified atom stereocenters. The zero-order valence-corrected chi connectivity index (χ0v) is 24.8. The van der Waals surface area contributed by atoms with E-state index >= 15 is 0 Å². The first-order chi connectivity index (χ1) is 19.0. The Labute approximate surface area is 236 Å². The van der Waals surface area contributed by atoms with E-state index in [-0.39, 0.29) is 11.1 Å². The van der Waals surface area contributed by atoms with Crippen molar-refractivity contribution in [2.75, 3.05) is 0 Å². The molecule has 0 radical (unpaired) electrons. The minimum atomic E-state index is -2.65. The summed E-state index contributed by atoms with van der Waals surface area (Å²) >= 11 is 0. The van der Waals surface area contributed by atoms with E-state index in [0.717, 1.165) is 18.4 Å². The Balaban J connectivity index is 1.34. The molecule has 3 aliphatic heterocycles. The normalized spacial score (nSPS) is 30.8. The molecule has 1 saturated carbocycles. The van der Waals surface area contributed by atoms with Crippen molar-refractivity contribution in [3.63, 3.8) is 0 Å². The van der Waals surface area contributed by atoms with Gasteiger partial charge in [0, 0.05) is 24.7 Å². The number of likely N-dealkylation sites (tertiary alicyclic amines) is 1. The molecular formula is C35H44N2OSi. The van der Waals surface area contributed by atoms with Crippen molar-refractivity contribution in [1.29, 1.82) is 0 Å². The molecular weight excluding hydrogens is 492 g/mol. The SMILES string of the molecule is CC(C)(C)[Si](O[C@H]1C2CC3CC(N2)C1N(Cc1ccccc1)C3C1CCC1)(c1ccccc1)c1ccccc1. The molecule has 3 aromatic rings. The van der Waals surface area contributed by atoms with Crippen LogP contribution in [0, 0.1) is 11.8 Å². The fraction of sp³-hybridized carbons (Fsp3) is 0.486. The topological polar surface area (TPSA) is 24.5 Å². The minimum Gasteiger partial charge on any atom is -0.401 e. The highest BCUT2D eigenvalue weighted by Gasteiger charge is 2.62. The van der Waals surface area contributed by atoms with E-state index in [0.29, 0.717) is 24.2 Å². The van der Waals surface area contributed by atoms with Gasteiger partial charge in [0.2, 0.25) is 0 Å². The Morgan fingerprint density at radius 3 is 1.85 bits per heavy atom. The molecule has 39 heavy (non-hydrogen) atoms. The largest absolute Gasteiger partial charge is 0.401 e. The van der Waals surface area contributed by atoms with Crippen molar-refractivity contribution < 1.29 is 4.43 Å². The molecule has 0 amide bonds. The highest BCUT2D eigenvalue weighted by Crippen LogP contribution is 2.51. The number of benzene rings is 3. The molecule has 3 bridgehead atoms. The maximum atomic E-state index is 7.96. The third kappa shape index (κ3) is 4.26. The second-order valence-electron chi connectivity index (χ2n) is 13.7. The fourth-order valence-corrected chi connectivity index (χ4v) is 13.5. The van der Waals surface area contributed by atoms with Crippen molar-refractivity contribution >= 4 is 18.7 Å². The van der Waals surface area contributed by atoms with Gasteiger partial charge in [-0.1, -0.05) is 118 Å². The van der Waals surface area contributed by atoms with Gasteiger partial charge in [-0.25, -0.2) is 0 Å². The molecule has 7 rings (SSSR count). The summed E-state index contributed by atoms with van der Waals surface area (Å²) in [6.45, 7) is 8.30. The van der Waals surface area contributed by atoms with Crippen LogP contribution in [0.5, 0.6) is 0 Å². The van der Waals surface area contributed by atoms with Crippen LogP contribution in [0.2, 0.25) is 5.04 Å². The van der Waals surface area contributed by atoms with Gasteiger partial charge in [0.05, 0.1) is 12.1 Å². The lowest BCUT2D eigenvalue weighted by Gasteiger charge is -2.54. The van der Waals surface area contributed by atoms with E-state index in [1.54, 1.807) is 0 Å². The van der Waals surface area contributed by atoms with Crippen molar-refractivity contribution in [2.45, 2.75) is 94.7 Å². The monoisotopic (exact) mass is 536 g/mol. The second-order valence-corrected chi connectivity index (χ2v) is 17.9. The second kappa shape index (κ2) is 9.99. The number of hydrogen-bond acceptors (Lipinski definition) is 3. The van der Waals surface area contributed by atoms with Gasteiger partial charge in [0.25, 0.3) is 8.32 Å². The lowest BCUT2D eigenvalue weighted by atomic mass is 9.69. The number of nitrogens with zero attached hydrogens (tertiary/aromatic N) is 1. The molecule has 204 valence electrons. The van der Waals surface area contributed by atoms with Gasteiger partial charge in [-0.15, -0.1) is 0 Å². The standard InChI is InChI=1S/C35H44N2OSi/c1-35(2,3)39(28-18-9-5-10-19-28,29-20-11-6-12-21-29)38-34-31-23-27-22-30(36-31)33(34)37(32(27)26-16-13-17-26)24-25-14-7-4-8-15-25/h4-12,14-15,18-21,26-27,30-34,36H,13,16-17,22-24H2,1-3H3/t27?,30?,31?,32?,33?,34-/m0/s1. The molecule has 4 fully saturated rings. The van der Waals surface area contributed by atoms with Crippen LogP contribution >= 0.6 is 0 Å². The summed E-state index contributed by atoms with van der Waals surface area (Å²) in [6.07, 6.45) is 6.98. The quantitative estimate of drug-likeness (QED) is 0.390. The fourth-order valence-electron chi connectivity index (χ4n) is 8.75. The van der Waals surface area contributed by atoms with Crippen molar-refractivity contribution in [3.8, 4) is 0 Å². The lowest BCUT2D eigenvalue weighted by Crippen LogP contribution is -2.70. The summed E-state index contributed by atoms with van der Waals surface area (Å²) in [5.41, 5.74) is 1.44. The molecule has 1 N–H and O–H groups in total. The first-order valence-corrected chi connectivity index (χ1v) is 17.2. The molecule has 3 aromatic carbocycles. The van der Waals surface area contributed by atoms with Gasteiger partial charge in [-0.3, -0.25) is 4.90 Å². The predicted octanol–water partition coefficient (Wildman–Crippen LogP) is 5.74. The van der Waals surface area contributed by atoms with Crippen LogP contribution in [0.15, 0.2) is 91.0 Å². The zero-order valence-electron chi connectivity index (χ0n) is 23.8. The van der Waals surface area contributed by atoms with Gasteiger partial charge in [0.15, 0.2) is 0 Å². The molecule has 0 aromatic heterocycles. The van der Waals surface area contributed by atoms with Crippen molar-refractivity contribution in [3.05, 3.63) is 96.6 Å². The third-order valence-corrected chi connectivity index (χ3v) is 15.5. The van der Waals surface area contributed by atoms with Crippen LogP contribution in [0.4, 0.5) is 0 Å². The summed E-state index contributed by atoms with van der Waals surface area (Å²) in [4.78, 5) is 2.94. The summed E-state index contributed by atoms with van der Waals surface area (Å²) in [6, 6.07) is 35.8. The van der Waals surface area contributed by atoms with Crippen molar-refractivity contribution in [1.82, 2.24) is 10.2 Å². The molecule has 1 aliphatic carbocycles. The van der Waals surface area contributed by atoms with Gasteiger partial charge in [0.1, 0.15) is 0 Å². The summed E-state index contributed by atoms with van der Waals surface area (Å²) in [7, 11) is -2.65. The van der Waals surface area contributed by atoms with Gasteiger partial charge in [-0.2, -0.15) is 0 Å². The van der Waals surface area contributed by atoms with Gasteiger partial charge >= 0.3 is 0 Å². The Morgan fingerprint density at radius 2 is 1.31 bits per heavy atom. The van der Waals surface area contributed by atoms with Crippen LogP contribution < -0.4 is 15.7 Å². The average molecular weight is 537 g/mol. The molecule has 6 atom stereocenters. The first kappa shape index (κ1) is 25.7. The van der Waals surface area contributed by atoms with Crippen LogP contribution in [0.3, 0.4) is 0 Å². The predicted molar refractivity (Wildman–Crippen MR) is 163 cm³/mol.